The Morgan fingerprint density at radius 3 is 2.30 bits per heavy atom. The zero-order chi connectivity index (χ0) is 31.0. The first kappa shape index (κ1) is 31.1. The first-order valence-electron chi connectivity index (χ1n) is 13.7. The molecule has 1 atom stereocenters. The molecule has 0 aliphatic rings. The van der Waals surface area contributed by atoms with Crippen LogP contribution in [0, 0.1) is 6.92 Å². The number of carbonyl (C=O) groups is 2. The number of carboxylic acids is 1. The molecule has 4 aromatic rings. The van der Waals surface area contributed by atoms with Gasteiger partial charge in [-0.05, 0) is 55.3 Å². The summed E-state index contributed by atoms with van der Waals surface area (Å²) in [4.78, 5) is 29.2. The van der Waals surface area contributed by atoms with Gasteiger partial charge in [0, 0.05) is 35.7 Å². The number of oxazole rings is 1. The van der Waals surface area contributed by atoms with Crippen LogP contribution in [0.2, 0.25) is 0 Å². The van der Waals surface area contributed by atoms with E-state index in [0.717, 1.165) is 46.8 Å². The van der Waals surface area contributed by atoms with E-state index >= 15 is 0 Å². The number of carbonyl (C=O) groups excluding carboxylic acids is 1. The number of rotatable bonds is 13. The van der Waals surface area contributed by atoms with E-state index in [2.05, 4.69) is 10.3 Å². The number of alkyl halides is 3. The molecule has 0 bridgehead atoms. The summed E-state index contributed by atoms with van der Waals surface area (Å²) in [7, 11) is 0. The van der Waals surface area contributed by atoms with Gasteiger partial charge in [-0.25, -0.2) is 9.78 Å². The lowest BCUT2D eigenvalue weighted by molar-refractivity contribution is -0.139. The highest BCUT2D eigenvalue weighted by Crippen LogP contribution is 2.29. The lowest BCUT2D eigenvalue weighted by atomic mass is 10.0. The highest BCUT2D eigenvalue weighted by Gasteiger charge is 2.30. The van der Waals surface area contributed by atoms with Crippen LogP contribution in [-0.2, 0) is 23.8 Å². The molecule has 7 nitrogen and oxygen atoms in total. The number of ether oxygens (including phenoxy) is 1. The summed E-state index contributed by atoms with van der Waals surface area (Å²) in [6.45, 7) is 3.98. The predicted octanol–water partition coefficient (Wildman–Crippen LogP) is 7.05. The molecule has 4 rings (SSSR count). The number of halogens is 3. The van der Waals surface area contributed by atoms with Crippen molar-refractivity contribution >= 4 is 11.8 Å². The monoisotopic (exact) mass is 592 g/mol. The fraction of sp³-hybridized carbons (Fsp3) is 0.242. The second-order valence-electron chi connectivity index (χ2n) is 9.83. The molecular formula is C33H31F3N2O5. The van der Waals surface area contributed by atoms with E-state index in [-0.39, 0.29) is 12.0 Å². The molecule has 224 valence electrons. The van der Waals surface area contributed by atoms with Gasteiger partial charge in [-0.15, -0.1) is 0 Å². The smallest absolute Gasteiger partial charge is 0.416 e. The van der Waals surface area contributed by atoms with Gasteiger partial charge in [0.15, 0.2) is 5.78 Å². The highest BCUT2D eigenvalue weighted by molar-refractivity contribution is 6.04. The molecule has 1 aromatic heterocycles. The molecular weight excluding hydrogens is 561 g/mol. The quantitative estimate of drug-likeness (QED) is 0.127. The lowest BCUT2D eigenvalue weighted by Gasteiger charge is -2.18. The number of hydrogen-bond donors (Lipinski definition) is 2. The number of aliphatic carboxylic acids is 1. The summed E-state index contributed by atoms with van der Waals surface area (Å²) in [6.07, 6.45) is -2.29. The Balaban J connectivity index is 1.32. The number of aromatic nitrogens is 1. The number of ketones is 1. The number of nitrogens with one attached hydrogen (secondary N) is 1. The molecule has 0 fully saturated rings. The van der Waals surface area contributed by atoms with E-state index in [1.165, 1.54) is 6.08 Å². The molecule has 0 unspecified atom stereocenters. The summed E-state index contributed by atoms with van der Waals surface area (Å²) in [5.74, 6) is 0.264. The van der Waals surface area contributed by atoms with Gasteiger partial charge in [-0.2, -0.15) is 13.2 Å². The normalized spacial score (nSPS) is 12.5. The second kappa shape index (κ2) is 13.9. The van der Waals surface area contributed by atoms with Crippen molar-refractivity contribution < 1.29 is 37.0 Å². The molecule has 1 heterocycles. The van der Waals surface area contributed by atoms with Gasteiger partial charge in [0.25, 0.3) is 0 Å². The van der Waals surface area contributed by atoms with Crippen molar-refractivity contribution in [2.45, 2.75) is 45.3 Å². The van der Waals surface area contributed by atoms with Crippen molar-refractivity contribution in [1.82, 2.24) is 10.3 Å². The van der Waals surface area contributed by atoms with Gasteiger partial charge in [0.1, 0.15) is 17.6 Å². The van der Waals surface area contributed by atoms with Gasteiger partial charge in [0.2, 0.25) is 5.89 Å². The Kier molecular flexibility index (Phi) is 10.0. The number of benzene rings is 3. The zero-order valence-corrected chi connectivity index (χ0v) is 23.6. The second-order valence-corrected chi connectivity index (χ2v) is 9.83. The Morgan fingerprint density at radius 2 is 1.70 bits per heavy atom. The molecule has 0 aliphatic carbocycles. The van der Waals surface area contributed by atoms with Gasteiger partial charge >= 0.3 is 12.1 Å². The molecule has 0 aliphatic heterocycles. The fourth-order valence-corrected chi connectivity index (χ4v) is 4.32. The van der Waals surface area contributed by atoms with Crippen LogP contribution in [0.3, 0.4) is 0 Å². The summed E-state index contributed by atoms with van der Waals surface area (Å²) < 4.78 is 50.1. The number of hydrogen-bond acceptors (Lipinski definition) is 6. The van der Waals surface area contributed by atoms with Gasteiger partial charge in [0.05, 0.1) is 17.9 Å². The number of nitrogens with zero attached hydrogens (tertiary/aromatic N) is 1. The molecule has 0 saturated heterocycles. The molecule has 0 spiro atoms. The summed E-state index contributed by atoms with van der Waals surface area (Å²) in [5.41, 5.74) is 2.01. The third-order valence-corrected chi connectivity index (χ3v) is 6.72. The molecule has 0 radical (unpaired) electrons. The van der Waals surface area contributed by atoms with Crippen LogP contribution in [0.4, 0.5) is 13.2 Å². The highest BCUT2D eigenvalue weighted by atomic mass is 19.4. The van der Waals surface area contributed by atoms with Gasteiger partial charge in [-0.3, -0.25) is 4.79 Å². The summed E-state index contributed by atoms with van der Waals surface area (Å²) in [5, 5.41) is 12.7. The molecule has 10 heteroatoms. The summed E-state index contributed by atoms with van der Waals surface area (Å²) >= 11 is 0. The maximum absolute atomic E-state index is 12.8. The maximum atomic E-state index is 12.8. The van der Waals surface area contributed by atoms with Gasteiger partial charge in [-0.1, -0.05) is 49.4 Å². The van der Waals surface area contributed by atoms with Crippen molar-refractivity contribution in [3.63, 3.8) is 0 Å². The Labute approximate surface area is 247 Å². The number of carboxylic acid groups (broad SMARTS) is 1. The van der Waals surface area contributed by atoms with E-state index in [9.17, 15) is 27.9 Å². The SMILES string of the molecule is CC/C(=C\C(=O)c1ccc(C(F)(F)F)cc1)N[C@@H](Cc1ccc(OCCc2nc(-c3ccccc3)oc2C)cc1)C(=O)O. The minimum absolute atomic E-state index is 0.0681. The van der Waals surface area contributed by atoms with Crippen LogP contribution < -0.4 is 10.1 Å². The standard InChI is InChI=1S/C33H31F3N2O5/c1-3-26(20-30(39)23-11-13-25(14-12-23)33(34,35)36)37-29(32(40)41)19-22-9-15-27(16-10-22)42-18-17-28-21(2)43-31(38-28)24-7-5-4-6-8-24/h4-16,20,29,37H,3,17-19H2,1-2H3,(H,40,41)/b26-20+/t29-/m0/s1. The Hall–Kier alpha value is -4.86. The first-order chi connectivity index (χ1) is 20.5. The maximum Gasteiger partial charge on any atom is 0.416 e. The van der Waals surface area contributed by atoms with Crippen LogP contribution in [0.1, 0.15) is 46.3 Å². The van der Waals surface area contributed by atoms with Crippen molar-refractivity contribution in [3.8, 4) is 17.2 Å². The van der Waals surface area contributed by atoms with E-state index in [0.29, 0.717) is 36.8 Å². The molecule has 0 amide bonds. The van der Waals surface area contributed by atoms with Crippen LogP contribution in [0.5, 0.6) is 5.75 Å². The van der Waals surface area contributed by atoms with Crippen LogP contribution in [-0.4, -0.2) is 34.5 Å². The third-order valence-electron chi connectivity index (χ3n) is 6.72. The molecule has 43 heavy (non-hydrogen) atoms. The van der Waals surface area contributed by atoms with Crippen molar-refractivity contribution in [2.75, 3.05) is 6.61 Å². The average molecular weight is 593 g/mol. The van der Waals surface area contributed by atoms with E-state index in [1.807, 2.05) is 37.3 Å². The van der Waals surface area contributed by atoms with E-state index in [4.69, 9.17) is 9.15 Å². The van der Waals surface area contributed by atoms with Crippen molar-refractivity contribution in [2.24, 2.45) is 0 Å². The fourth-order valence-electron chi connectivity index (χ4n) is 4.32. The summed E-state index contributed by atoms with van der Waals surface area (Å²) in [6, 6.07) is 19.5. The number of allylic oxidation sites excluding steroid dienone is 2. The first-order valence-corrected chi connectivity index (χ1v) is 13.7. The van der Waals surface area contributed by atoms with Gasteiger partial charge < -0.3 is 19.6 Å². The lowest BCUT2D eigenvalue weighted by Crippen LogP contribution is -2.38. The molecule has 0 saturated carbocycles. The van der Waals surface area contributed by atoms with Crippen LogP contribution in [0.15, 0.2) is 95.1 Å². The topological polar surface area (TPSA) is 102 Å². The van der Waals surface area contributed by atoms with Crippen LogP contribution in [0.25, 0.3) is 11.5 Å². The zero-order valence-electron chi connectivity index (χ0n) is 23.6. The molecule has 3 aromatic carbocycles. The van der Waals surface area contributed by atoms with Crippen molar-refractivity contribution in [3.05, 3.63) is 119 Å². The minimum atomic E-state index is -4.50. The average Bonchev–Trinajstić information content (AvgIpc) is 3.37. The minimum Gasteiger partial charge on any atom is -0.493 e. The van der Waals surface area contributed by atoms with E-state index < -0.39 is 29.5 Å². The Morgan fingerprint density at radius 1 is 1.02 bits per heavy atom. The van der Waals surface area contributed by atoms with Crippen LogP contribution >= 0.6 is 0 Å². The largest absolute Gasteiger partial charge is 0.493 e. The third kappa shape index (κ3) is 8.57. The molecule has 2 N–H and O–H groups in total. The van der Waals surface area contributed by atoms with Crippen molar-refractivity contribution in [1.29, 1.82) is 0 Å². The Bertz CT molecular complexity index is 1560. The number of aryl methyl sites for hydroxylation is 1. The predicted molar refractivity (Wildman–Crippen MR) is 155 cm³/mol. The van der Waals surface area contributed by atoms with E-state index in [1.54, 1.807) is 31.2 Å².